The first-order valence-electron chi connectivity index (χ1n) is 7.14. The lowest BCUT2D eigenvalue weighted by molar-refractivity contribution is 0.0388. The van der Waals surface area contributed by atoms with E-state index in [4.69, 9.17) is 4.74 Å². The quantitative estimate of drug-likeness (QED) is 0.738. The summed E-state index contributed by atoms with van der Waals surface area (Å²) < 4.78 is 5.47. The smallest absolute Gasteiger partial charge is 0.344 e. The maximum atomic E-state index is 12.2. The van der Waals surface area contributed by atoms with Gasteiger partial charge in [0.2, 0.25) is 0 Å². The summed E-state index contributed by atoms with van der Waals surface area (Å²) in [5.74, 6) is -0.539. The van der Waals surface area contributed by atoms with E-state index < -0.39 is 12.1 Å². The van der Waals surface area contributed by atoms with E-state index >= 15 is 0 Å². The van der Waals surface area contributed by atoms with Crippen molar-refractivity contribution >= 4 is 16.9 Å². The van der Waals surface area contributed by atoms with Gasteiger partial charge in [0.05, 0.1) is 0 Å². The molecule has 0 saturated heterocycles. The summed E-state index contributed by atoms with van der Waals surface area (Å²) in [4.78, 5) is 27.0. The number of nitrogens with one attached hydrogen (secondary N) is 1. The van der Waals surface area contributed by atoms with E-state index in [-0.39, 0.29) is 11.1 Å². The number of carbonyl (C=O) groups excluding carboxylic acids is 1. The molecule has 0 saturated carbocycles. The van der Waals surface area contributed by atoms with Crippen molar-refractivity contribution in [2.24, 2.45) is 0 Å². The number of H-pyrrole nitrogens is 1. The highest BCUT2D eigenvalue weighted by molar-refractivity contribution is 6.00. The minimum Gasteiger partial charge on any atom is -0.453 e. The molecule has 0 bridgehead atoms. The van der Waals surface area contributed by atoms with Crippen molar-refractivity contribution in [2.75, 3.05) is 0 Å². The number of benzene rings is 2. The number of carbonyl (C=O) groups is 1. The van der Waals surface area contributed by atoms with Gasteiger partial charge in [-0.2, -0.15) is 0 Å². The van der Waals surface area contributed by atoms with E-state index in [1.165, 1.54) is 0 Å². The third-order valence-electron chi connectivity index (χ3n) is 4.00. The SMILES string of the molecule is O=C1OC(Cc2ccccc2)c2c1c(=O)[nH]c1ccccc21. The summed E-state index contributed by atoms with van der Waals surface area (Å²) in [5.41, 5.74) is 2.25. The molecule has 1 aliphatic heterocycles. The van der Waals surface area contributed by atoms with E-state index in [1.54, 1.807) is 0 Å². The van der Waals surface area contributed by atoms with E-state index in [1.807, 2.05) is 54.6 Å². The lowest BCUT2D eigenvalue weighted by atomic mass is 9.96. The third kappa shape index (κ3) is 1.92. The van der Waals surface area contributed by atoms with Crippen molar-refractivity contribution in [2.45, 2.75) is 12.5 Å². The summed E-state index contributed by atoms with van der Waals surface area (Å²) >= 11 is 0. The van der Waals surface area contributed by atoms with E-state index in [2.05, 4.69) is 4.98 Å². The predicted octanol–water partition coefficient (Wildman–Crippen LogP) is 2.98. The minimum absolute atomic E-state index is 0.139. The molecule has 0 aliphatic carbocycles. The molecule has 4 heteroatoms. The lowest BCUT2D eigenvalue weighted by Crippen LogP contribution is -2.16. The number of esters is 1. The van der Waals surface area contributed by atoms with Crippen molar-refractivity contribution in [1.82, 2.24) is 4.98 Å². The Labute approximate surface area is 126 Å². The first-order chi connectivity index (χ1) is 10.7. The molecule has 22 heavy (non-hydrogen) atoms. The van der Waals surface area contributed by atoms with Crippen LogP contribution < -0.4 is 5.56 Å². The normalized spacial score (nSPS) is 16.5. The van der Waals surface area contributed by atoms with Crippen LogP contribution >= 0.6 is 0 Å². The Hall–Kier alpha value is -2.88. The molecule has 4 nitrogen and oxygen atoms in total. The molecular formula is C18H13NO3. The van der Waals surface area contributed by atoms with Gasteiger partial charge in [0.1, 0.15) is 11.7 Å². The number of hydrogen-bond donors (Lipinski definition) is 1. The van der Waals surface area contributed by atoms with Crippen LogP contribution in [0.25, 0.3) is 10.9 Å². The molecule has 3 aromatic rings. The summed E-state index contributed by atoms with van der Waals surface area (Å²) in [7, 11) is 0. The largest absolute Gasteiger partial charge is 0.453 e. The van der Waals surface area contributed by atoms with Gasteiger partial charge < -0.3 is 9.72 Å². The van der Waals surface area contributed by atoms with Crippen LogP contribution in [-0.4, -0.2) is 11.0 Å². The van der Waals surface area contributed by atoms with Crippen LogP contribution in [0.5, 0.6) is 0 Å². The van der Waals surface area contributed by atoms with Crippen molar-refractivity contribution < 1.29 is 9.53 Å². The molecule has 0 radical (unpaired) electrons. The second kappa shape index (κ2) is 4.84. The van der Waals surface area contributed by atoms with Gasteiger partial charge in [-0.25, -0.2) is 4.79 Å². The van der Waals surface area contributed by atoms with Crippen LogP contribution in [0, 0.1) is 0 Å². The number of aromatic nitrogens is 1. The Morgan fingerprint density at radius 3 is 2.50 bits per heavy atom. The zero-order valence-electron chi connectivity index (χ0n) is 11.7. The van der Waals surface area contributed by atoms with Crippen LogP contribution in [0.4, 0.5) is 0 Å². The van der Waals surface area contributed by atoms with Gasteiger partial charge in [0.25, 0.3) is 5.56 Å². The zero-order chi connectivity index (χ0) is 15.1. The molecule has 1 aliphatic rings. The number of hydrogen-bond acceptors (Lipinski definition) is 3. The van der Waals surface area contributed by atoms with Crippen LogP contribution in [-0.2, 0) is 11.2 Å². The van der Waals surface area contributed by atoms with Crippen molar-refractivity contribution in [1.29, 1.82) is 0 Å². The van der Waals surface area contributed by atoms with Gasteiger partial charge in [0.15, 0.2) is 0 Å². The number of pyridine rings is 1. The average Bonchev–Trinajstić information content (AvgIpc) is 2.86. The number of fused-ring (bicyclic) bond motifs is 3. The van der Waals surface area contributed by atoms with Gasteiger partial charge in [-0.1, -0.05) is 48.5 Å². The first-order valence-corrected chi connectivity index (χ1v) is 7.14. The Morgan fingerprint density at radius 2 is 1.68 bits per heavy atom. The van der Waals surface area contributed by atoms with E-state index in [0.717, 1.165) is 16.5 Å². The second-order valence-corrected chi connectivity index (χ2v) is 5.37. The number of para-hydroxylation sites is 1. The Morgan fingerprint density at radius 1 is 0.955 bits per heavy atom. The fourth-order valence-electron chi connectivity index (χ4n) is 3.02. The molecule has 2 heterocycles. The third-order valence-corrected chi connectivity index (χ3v) is 4.00. The highest BCUT2D eigenvalue weighted by Crippen LogP contribution is 2.35. The van der Waals surface area contributed by atoms with Crippen LogP contribution in [0.15, 0.2) is 59.4 Å². The molecule has 1 atom stereocenters. The van der Waals surface area contributed by atoms with Crippen LogP contribution in [0.2, 0.25) is 0 Å². The molecule has 0 fully saturated rings. The number of rotatable bonds is 2. The maximum Gasteiger partial charge on any atom is 0.344 e. The highest BCUT2D eigenvalue weighted by Gasteiger charge is 2.35. The molecule has 2 aromatic carbocycles. The van der Waals surface area contributed by atoms with Crippen LogP contribution in [0.1, 0.15) is 27.6 Å². The second-order valence-electron chi connectivity index (χ2n) is 5.37. The summed E-state index contributed by atoms with van der Waals surface area (Å²) in [6, 6.07) is 17.3. The molecule has 4 rings (SSSR count). The fourth-order valence-corrected chi connectivity index (χ4v) is 3.02. The zero-order valence-corrected chi connectivity index (χ0v) is 11.7. The van der Waals surface area contributed by atoms with Crippen molar-refractivity contribution in [3.63, 3.8) is 0 Å². The molecule has 108 valence electrons. The summed E-state index contributed by atoms with van der Waals surface area (Å²) in [6.45, 7) is 0. The number of aromatic amines is 1. The number of ether oxygens (including phenoxy) is 1. The van der Waals surface area contributed by atoms with Gasteiger partial charge in [-0.05, 0) is 11.6 Å². The topological polar surface area (TPSA) is 59.2 Å². The van der Waals surface area contributed by atoms with Gasteiger partial charge in [0, 0.05) is 22.9 Å². The maximum absolute atomic E-state index is 12.2. The van der Waals surface area contributed by atoms with Crippen LogP contribution in [0.3, 0.4) is 0 Å². The number of cyclic esters (lactones) is 1. The standard InChI is InChI=1S/C18H13NO3/c20-17-16-15(12-8-4-5-9-13(12)19-17)14(22-18(16)21)10-11-6-2-1-3-7-11/h1-9,14H,10H2,(H,19,20). The molecule has 0 amide bonds. The Kier molecular flexibility index (Phi) is 2.82. The van der Waals surface area contributed by atoms with Crippen molar-refractivity contribution in [3.05, 3.63) is 81.6 Å². The lowest BCUT2D eigenvalue weighted by Gasteiger charge is -2.12. The molecule has 1 unspecified atom stereocenters. The fraction of sp³-hybridized carbons (Fsp3) is 0.111. The van der Waals surface area contributed by atoms with E-state index in [0.29, 0.717) is 12.0 Å². The van der Waals surface area contributed by atoms with Gasteiger partial charge >= 0.3 is 5.97 Å². The molecular weight excluding hydrogens is 278 g/mol. The van der Waals surface area contributed by atoms with E-state index in [9.17, 15) is 9.59 Å². The van der Waals surface area contributed by atoms with Gasteiger partial charge in [-0.3, -0.25) is 4.79 Å². The Balaban J connectivity index is 1.91. The molecule has 1 N–H and O–H groups in total. The highest BCUT2D eigenvalue weighted by atomic mass is 16.5. The Bertz CT molecular complexity index is 928. The monoisotopic (exact) mass is 291 g/mol. The van der Waals surface area contributed by atoms with Gasteiger partial charge in [-0.15, -0.1) is 0 Å². The molecule has 0 spiro atoms. The first kappa shape index (κ1) is 12.8. The summed E-state index contributed by atoms with van der Waals surface area (Å²) in [5, 5.41) is 0.865. The predicted molar refractivity (Wildman–Crippen MR) is 82.9 cm³/mol. The average molecular weight is 291 g/mol. The minimum atomic E-state index is -0.539. The molecule has 1 aromatic heterocycles. The van der Waals surface area contributed by atoms with Crippen molar-refractivity contribution in [3.8, 4) is 0 Å². The summed E-state index contributed by atoms with van der Waals surface area (Å²) in [6.07, 6.45) is 0.143.